The molecule has 1 fully saturated rings. The van der Waals surface area contributed by atoms with Crippen molar-refractivity contribution >= 4 is 15.9 Å². The van der Waals surface area contributed by atoms with Gasteiger partial charge in [0, 0.05) is 16.7 Å². The summed E-state index contributed by atoms with van der Waals surface area (Å²) in [6.07, 6.45) is 7.08. The lowest BCUT2D eigenvalue weighted by molar-refractivity contribution is 0.201. The Bertz CT molecular complexity index is 284. The Morgan fingerprint density at radius 3 is 2.85 bits per heavy atom. The lowest BCUT2D eigenvalue weighted by Gasteiger charge is -2.11. The summed E-state index contributed by atoms with van der Waals surface area (Å²) < 4.78 is 6.74. The number of rotatable bonds is 2. The van der Waals surface area contributed by atoms with Gasteiger partial charge in [0.2, 0.25) is 5.88 Å². The highest BCUT2D eigenvalue weighted by atomic mass is 79.9. The van der Waals surface area contributed by atoms with E-state index in [1.165, 1.54) is 25.7 Å². The van der Waals surface area contributed by atoms with Gasteiger partial charge >= 0.3 is 0 Å². The average Bonchev–Trinajstić information content (AvgIpc) is 2.57. The van der Waals surface area contributed by atoms with Crippen molar-refractivity contribution in [3.63, 3.8) is 0 Å². The molecule has 1 aliphatic carbocycles. The van der Waals surface area contributed by atoms with Crippen LogP contribution in [0, 0.1) is 0 Å². The lowest BCUT2D eigenvalue weighted by Crippen LogP contribution is -2.11. The molecule has 0 N–H and O–H groups in total. The minimum Gasteiger partial charge on any atom is -0.474 e. The van der Waals surface area contributed by atoms with Gasteiger partial charge < -0.3 is 4.74 Å². The van der Waals surface area contributed by atoms with Crippen LogP contribution in [0.25, 0.3) is 0 Å². The molecule has 2 nitrogen and oxygen atoms in total. The van der Waals surface area contributed by atoms with Crippen LogP contribution in [0.2, 0.25) is 0 Å². The maximum atomic E-state index is 5.72. The molecule has 0 atom stereocenters. The molecule has 1 aromatic heterocycles. The zero-order valence-corrected chi connectivity index (χ0v) is 8.96. The van der Waals surface area contributed by atoms with Crippen molar-refractivity contribution in [3.8, 4) is 5.88 Å². The molecule has 0 radical (unpaired) electrons. The number of ether oxygens (including phenoxy) is 1. The van der Waals surface area contributed by atoms with E-state index in [1.807, 2.05) is 12.1 Å². The summed E-state index contributed by atoms with van der Waals surface area (Å²) in [4.78, 5) is 4.15. The molecule has 0 bridgehead atoms. The zero-order valence-electron chi connectivity index (χ0n) is 7.37. The molecule has 0 amide bonds. The summed E-state index contributed by atoms with van der Waals surface area (Å²) in [5, 5.41) is 0. The van der Waals surface area contributed by atoms with Crippen LogP contribution in [0.4, 0.5) is 0 Å². The Morgan fingerprint density at radius 2 is 2.15 bits per heavy atom. The molecule has 0 aromatic carbocycles. The van der Waals surface area contributed by atoms with Crippen LogP contribution < -0.4 is 4.74 Å². The number of pyridine rings is 1. The lowest BCUT2D eigenvalue weighted by atomic mass is 10.3. The predicted molar refractivity (Wildman–Crippen MR) is 54.8 cm³/mol. The number of hydrogen-bond acceptors (Lipinski definition) is 2. The fourth-order valence-corrected chi connectivity index (χ4v) is 1.94. The van der Waals surface area contributed by atoms with Gasteiger partial charge in [-0.25, -0.2) is 4.98 Å². The third-order valence-corrected chi connectivity index (χ3v) is 2.78. The van der Waals surface area contributed by atoms with E-state index >= 15 is 0 Å². The van der Waals surface area contributed by atoms with Gasteiger partial charge in [-0.05, 0) is 31.7 Å². The zero-order chi connectivity index (χ0) is 9.10. The standard InChI is InChI=1S/C10H12BrNO/c11-8-5-6-12-10(7-8)13-9-3-1-2-4-9/h5-7,9H,1-4H2. The quantitative estimate of drug-likeness (QED) is 0.794. The van der Waals surface area contributed by atoms with Crippen LogP contribution in [0.15, 0.2) is 22.8 Å². The molecule has 0 unspecified atom stereocenters. The van der Waals surface area contributed by atoms with Crippen LogP contribution in [0.5, 0.6) is 5.88 Å². The van der Waals surface area contributed by atoms with E-state index in [1.54, 1.807) is 6.20 Å². The van der Waals surface area contributed by atoms with Gasteiger partial charge in [0.05, 0.1) is 0 Å². The molecule has 13 heavy (non-hydrogen) atoms. The Morgan fingerprint density at radius 1 is 1.38 bits per heavy atom. The van der Waals surface area contributed by atoms with Gasteiger partial charge in [-0.1, -0.05) is 15.9 Å². The van der Waals surface area contributed by atoms with E-state index < -0.39 is 0 Å². The van der Waals surface area contributed by atoms with Crippen LogP contribution in [-0.4, -0.2) is 11.1 Å². The fraction of sp³-hybridized carbons (Fsp3) is 0.500. The number of hydrogen-bond donors (Lipinski definition) is 0. The highest BCUT2D eigenvalue weighted by Crippen LogP contribution is 2.24. The Kier molecular flexibility index (Phi) is 2.83. The molecule has 0 saturated heterocycles. The molecule has 1 aliphatic rings. The predicted octanol–water partition coefficient (Wildman–Crippen LogP) is 3.17. The van der Waals surface area contributed by atoms with E-state index in [-0.39, 0.29) is 0 Å². The van der Waals surface area contributed by atoms with Crippen molar-refractivity contribution in [1.29, 1.82) is 0 Å². The van der Waals surface area contributed by atoms with Crippen LogP contribution in [0.1, 0.15) is 25.7 Å². The summed E-state index contributed by atoms with van der Waals surface area (Å²) in [5.74, 6) is 0.737. The first-order valence-electron chi connectivity index (χ1n) is 4.63. The van der Waals surface area contributed by atoms with Crippen molar-refractivity contribution in [3.05, 3.63) is 22.8 Å². The third kappa shape index (κ3) is 2.44. The molecule has 2 rings (SSSR count). The first-order chi connectivity index (χ1) is 6.34. The van der Waals surface area contributed by atoms with Crippen molar-refractivity contribution in [1.82, 2.24) is 4.98 Å². The summed E-state index contributed by atoms with van der Waals surface area (Å²) in [7, 11) is 0. The topological polar surface area (TPSA) is 22.1 Å². The van der Waals surface area contributed by atoms with E-state index in [9.17, 15) is 0 Å². The monoisotopic (exact) mass is 241 g/mol. The summed E-state index contributed by atoms with van der Waals surface area (Å²) >= 11 is 3.39. The number of aromatic nitrogens is 1. The maximum Gasteiger partial charge on any atom is 0.214 e. The smallest absolute Gasteiger partial charge is 0.214 e. The minimum atomic E-state index is 0.391. The van der Waals surface area contributed by atoms with Gasteiger partial charge in [-0.2, -0.15) is 0 Å². The van der Waals surface area contributed by atoms with Crippen LogP contribution in [-0.2, 0) is 0 Å². The van der Waals surface area contributed by atoms with Crippen molar-refractivity contribution in [2.75, 3.05) is 0 Å². The molecule has 0 spiro atoms. The van der Waals surface area contributed by atoms with E-state index in [2.05, 4.69) is 20.9 Å². The molecule has 3 heteroatoms. The normalized spacial score (nSPS) is 17.6. The van der Waals surface area contributed by atoms with Crippen molar-refractivity contribution < 1.29 is 4.74 Å². The van der Waals surface area contributed by atoms with Crippen LogP contribution in [0.3, 0.4) is 0 Å². The van der Waals surface area contributed by atoms with Crippen molar-refractivity contribution in [2.45, 2.75) is 31.8 Å². The van der Waals surface area contributed by atoms with Gasteiger partial charge in [-0.3, -0.25) is 0 Å². The second kappa shape index (κ2) is 4.09. The summed E-state index contributed by atoms with van der Waals surface area (Å²) in [6.45, 7) is 0. The Balaban J connectivity index is 2.00. The summed E-state index contributed by atoms with van der Waals surface area (Å²) in [6, 6.07) is 3.82. The molecule has 1 aromatic rings. The Labute approximate surface area is 86.5 Å². The van der Waals surface area contributed by atoms with E-state index in [4.69, 9.17) is 4.74 Å². The third-order valence-electron chi connectivity index (χ3n) is 2.29. The molecule has 0 aliphatic heterocycles. The summed E-state index contributed by atoms with van der Waals surface area (Å²) in [5.41, 5.74) is 0. The van der Waals surface area contributed by atoms with E-state index in [0.29, 0.717) is 6.10 Å². The highest BCUT2D eigenvalue weighted by molar-refractivity contribution is 9.10. The van der Waals surface area contributed by atoms with Gasteiger partial charge in [0.15, 0.2) is 0 Å². The molecule has 1 saturated carbocycles. The fourth-order valence-electron chi connectivity index (χ4n) is 1.63. The molecular formula is C10H12BrNO. The second-order valence-corrected chi connectivity index (χ2v) is 4.25. The van der Waals surface area contributed by atoms with Gasteiger partial charge in [0.1, 0.15) is 6.10 Å². The molecular weight excluding hydrogens is 230 g/mol. The highest BCUT2D eigenvalue weighted by Gasteiger charge is 2.16. The van der Waals surface area contributed by atoms with E-state index in [0.717, 1.165) is 10.4 Å². The Hall–Kier alpha value is -0.570. The SMILES string of the molecule is Brc1ccnc(OC2CCCC2)c1. The minimum absolute atomic E-state index is 0.391. The van der Waals surface area contributed by atoms with Gasteiger partial charge in [0.25, 0.3) is 0 Å². The molecule has 70 valence electrons. The second-order valence-electron chi connectivity index (χ2n) is 3.34. The average molecular weight is 242 g/mol. The largest absolute Gasteiger partial charge is 0.474 e. The number of nitrogens with zero attached hydrogens (tertiary/aromatic N) is 1. The van der Waals surface area contributed by atoms with Crippen molar-refractivity contribution in [2.24, 2.45) is 0 Å². The first kappa shape index (κ1) is 9.00. The van der Waals surface area contributed by atoms with Gasteiger partial charge in [-0.15, -0.1) is 0 Å². The number of halogens is 1. The first-order valence-corrected chi connectivity index (χ1v) is 5.42. The van der Waals surface area contributed by atoms with Crippen LogP contribution >= 0.6 is 15.9 Å². The maximum absolute atomic E-state index is 5.72. The molecule has 1 heterocycles.